The van der Waals surface area contributed by atoms with E-state index in [4.69, 9.17) is 10.5 Å². The maximum atomic E-state index is 12.1. The molecule has 1 aliphatic rings. The van der Waals surface area contributed by atoms with Gasteiger partial charge in [-0.15, -0.1) is 0 Å². The van der Waals surface area contributed by atoms with Crippen LogP contribution in [0.3, 0.4) is 0 Å². The number of esters is 1. The van der Waals surface area contributed by atoms with Crippen LogP contribution in [-0.4, -0.2) is 52.7 Å². The Balaban J connectivity index is 2.70. The van der Waals surface area contributed by atoms with Crippen molar-refractivity contribution in [2.45, 2.75) is 45.3 Å². The van der Waals surface area contributed by atoms with E-state index in [1.807, 2.05) is 0 Å². The highest BCUT2D eigenvalue weighted by Crippen LogP contribution is 2.11. The highest BCUT2D eigenvalue weighted by molar-refractivity contribution is 6.14. The lowest BCUT2D eigenvalue weighted by atomic mass is 10.1. The van der Waals surface area contributed by atoms with E-state index in [1.54, 1.807) is 20.8 Å². The lowest BCUT2D eigenvalue weighted by Crippen LogP contribution is -2.48. The zero-order valence-electron chi connectivity index (χ0n) is 13.8. The maximum Gasteiger partial charge on any atom is 0.329 e. The molecular weight excluding hydrogens is 318 g/mol. The molecule has 4 amide bonds. The first-order valence-electron chi connectivity index (χ1n) is 7.33. The fourth-order valence-electron chi connectivity index (χ4n) is 1.88. The van der Waals surface area contributed by atoms with Crippen LogP contribution in [0.5, 0.6) is 0 Å². The first-order chi connectivity index (χ1) is 11.0. The van der Waals surface area contributed by atoms with E-state index in [1.165, 1.54) is 0 Å². The number of carbonyl (C=O) groups excluding carboxylic acids is 5. The second kappa shape index (κ2) is 7.71. The van der Waals surface area contributed by atoms with Crippen molar-refractivity contribution in [3.63, 3.8) is 0 Å². The van der Waals surface area contributed by atoms with Gasteiger partial charge in [0.2, 0.25) is 11.8 Å². The van der Waals surface area contributed by atoms with Gasteiger partial charge in [-0.05, 0) is 27.2 Å². The zero-order chi connectivity index (χ0) is 18.5. The third-order valence-corrected chi connectivity index (χ3v) is 2.91. The lowest BCUT2D eigenvalue weighted by molar-refractivity contribution is -0.159. The first kappa shape index (κ1) is 19.3. The Labute approximate surface area is 139 Å². The molecule has 24 heavy (non-hydrogen) atoms. The summed E-state index contributed by atoms with van der Waals surface area (Å²) in [5, 5.41) is 2.37. The summed E-state index contributed by atoms with van der Waals surface area (Å²) in [6.07, 6.45) is 1.92. The van der Waals surface area contributed by atoms with Crippen LogP contribution in [-0.2, 0) is 28.7 Å². The van der Waals surface area contributed by atoms with Gasteiger partial charge in [0.25, 0.3) is 11.8 Å². The molecule has 1 aliphatic heterocycles. The third-order valence-electron chi connectivity index (χ3n) is 2.91. The van der Waals surface area contributed by atoms with E-state index in [0.29, 0.717) is 0 Å². The van der Waals surface area contributed by atoms with E-state index in [0.717, 1.165) is 17.1 Å². The molecule has 0 saturated heterocycles. The van der Waals surface area contributed by atoms with Crippen LogP contribution in [0, 0.1) is 0 Å². The number of primary amides is 1. The largest absolute Gasteiger partial charge is 0.458 e. The molecule has 132 valence electrons. The van der Waals surface area contributed by atoms with Crippen molar-refractivity contribution in [3.05, 3.63) is 12.2 Å². The molecule has 0 aromatic heterocycles. The van der Waals surface area contributed by atoms with Crippen LogP contribution in [0.1, 0.15) is 33.6 Å². The molecule has 9 nitrogen and oxygen atoms in total. The quantitative estimate of drug-likeness (QED) is 0.451. The number of nitrogens with two attached hydrogens (primary N) is 1. The van der Waals surface area contributed by atoms with Crippen LogP contribution >= 0.6 is 0 Å². The van der Waals surface area contributed by atoms with Gasteiger partial charge in [-0.2, -0.15) is 0 Å². The van der Waals surface area contributed by atoms with Crippen LogP contribution in [0.4, 0.5) is 0 Å². The standard InChI is InChI=1S/C15H21N3O6/c1-15(2,3)24-14(23)9(4-5-10(16)19)17-11(20)8-18-12(21)6-7-13(18)22/h6-7,9H,4-5,8H2,1-3H3,(H2,16,19)(H,17,20)/t9-/m0/s1. The van der Waals surface area contributed by atoms with Gasteiger partial charge in [0.15, 0.2) is 0 Å². The van der Waals surface area contributed by atoms with Crippen molar-refractivity contribution in [1.29, 1.82) is 0 Å². The molecule has 1 atom stereocenters. The molecule has 0 aliphatic carbocycles. The Morgan fingerprint density at radius 1 is 1.21 bits per heavy atom. The number of nitrogens with zero attached hydrogens (tertiary/aromatic N) is 1. The average Bonchev–Trinajstić information content (AvgIpc) is 2.73. The minimum Gasteiger partial charge on any atom is -0.458 e. The van der Waals surface area contributed by atoms with Crippen molar-refractivity contribution < 1.29 is 28.7 Å². The number of ether oxygens (including phenoxy) is 1. The maximum absolute atomic E-state index is 12.1. The first-order valence-corrected chi connectivity index (χ1v) is 7.33. The van der Waals surface area contributed by atoms with Gasteiger partial charge >= 0.3 is 5.97 Å². The number of amides is 4. The van der Waals surface area contributed by atoms with Gasteiger partial charge in [0.05, 0.1) is 0 Å². The van der Waals surface area contributed by atoms with Crippen molar-refractivity contribution >= 4 is 29.6 Å². The fraction of sp³-hybridized carbons (Fsp3) is 0.533. The summed E-state index contributed by atoms with van der Waals surface area (Å²) in [6.45, 7) is 4.45. The number of hydrogen-bond acceptors (Lipinski definition) is 6. The van der Waals surface area contributed by atoms with Gasteiger partial charge in [-0.3, -0.25) is 24.1 Å². The van der Waals surface area contributed by atoms with Crippen LogP contribution in [0.25, 0.3) is 0 Å². The summed E-state index contributed by atoms with van der Waals surface area (Å²) in [4.78, 5) is 58.6. The van der Waals surface area contributed by atoms with Crippen molar-refractivity contribution in [2.75, 3.05) is 6.54 Å². The molecule has 9 heteroatoms. The number of carbonyl (C=O) groups is 5. The Hall–Kier alpha value is -2.71. The summed E-state index contributed by atoms with van der Waals surface area (Å²) in [5.41, 5.74) is 4.28. The van der Waals surface area contributed by atoms with E-state index in [-0.39, 0.29) is 12.8 Å². The Kier molecular flexibility index (Phi) is 6.21. The van der Waals surface area contributed by atoms with Crippen molar-refractivity contribution in [3.8, 4) is 0 Å². The summed E-state index contributed by atoms with van der Waals surface area (Å²) < 4.78 is 5.18. The predicted octanol–water partition coefficient (Wildman–Crippen LogP) is -0.997. The molecule has 3 N–H and O–H groups in total. The van der Waals surface area contributed by atoms with Gasteiger partial charge in [-0.1, -0.05) is 0 Å². The number of rotatable bonds is 7. The van der Waals surface area contributed by atoms with E-state index < -0.39 is 47.8 Å². The highest BCUT2D eigenvalue weighted by Gasteiger charge is 2.30. The number of imide groups is 1. The van der Waals surface area contributed by atoms with E-state index in [2.05, 4.69) is 5.32 Å². The fourth-order valence-corrected chi connectivity index (χ4v) is 1.88. The van der Waals surface area contributed by atoms with Crippen LogP contribution in [0.2, 0.25) is 0 Å². The molecule has 0 aromatic carbocycles. The summed E-state index contributed by atoms with van der Waals surface area (Å²) in [5.74, 6) is -3.30. The van der Waals surface area contributed by atoms with Crippen LogP contribution in [0.15, 0.2) is 12.2 Å². The van der Waals surface area contributed by atoms with Gasteiger partial charge in [0, 0.05) is 18.6 Å². The summed E-state index contributed by atoms with van der Waals surface area (Å²) in [6, 6.07) is -1.11. The van der Waals surface area contributed by atoms with Gasteiger partial charge in [0.1, 0.15) is 18.2 Å². The Bertz CT molecular complexity index is 573. The number of nitrogens with one attached hydrogen (secondary N) is 1. The molecule has 0 spiro atoms. The summed E-state index contributed by atoms with van der Waals surface area (Å²) >= 11 is 0. The lowest BCUT2D eigenvalue weighted by Gasteiger charge is -2.25. The smallest absolute Gasteiger partial charge is 0.329 e. The van der Waals surface area contributed by atoms with Gasteiger partial charge in [-0.25, -0.2) is 4.79 Å². The molecule has 0 saturated carbocycles. The monoisotopic (exact) mass is 339 g/mol. The van der Waals surface area contributed by atoms with E-state index in [9.17, 15) is 24.0 Å². The van der Waals surface area contributed by atoms with Gasteiger partial charge < -0.3 is 15.8 Å². The molecule has 1 rings (SSSR count). The second-order valence-electron chi connectivity index (χ2n) is 6.25. The SMILES string of the molecule is CC(C)(C)OC(=O)[C@H](CCC(N)=O)NC(=O)CN1C(=O)C=CC1=O. The van der Waals surface area contributed by atoms with Crippen molar-refractivity contribution in [2.24, 2.45) is 5.73 Å². The second-order valence-corrected chi connectivity index (χ2v) is 6.25. The molecule has 0 aromatic rings. The summed E-state index contributed by atoms with van der Waals surface area (Å²) in [7, 11) is 0. The molecule has 0 unspecified atom stereocenters. The molecule has 0 bridgehead atoms. The van der Waals surface area contributed by atoms with Crippen molar-refractivity contribution in [1.82, 2.24) is 10.2 Å². The third kappa shape index (κ3) is 6.19. The number of hydrogen-bond donors (Lipinski definition) is 2. The minimum absolute atomic E-state index is 0.0455. The molecule has 0 fully saturated rings. The Morgan fingerprint density at radius 2 is 1.75 bits per heavy atom. The highest BCUT2D eigenvalue weighted by atomic mass is 16.6. The van der Waals surface area contributed by atoms with E-state index >= 15 is 0 Å². The molecule has 0 radical (unpaired) electrons. The Morgan fingerprint density at radius 3 is 2.21 bits per heavy atom. The molecule has 1 heterocycles. The minimum atomic E-state index is -1.11. The molecular formula is C15H21N3O6. The van der Waals surface area contributed by atoms with Crippen LogP contribution < -0.4 is 11.1 Å². The topological polar surface area (TPSA) is 136 Å². The average molecular weight is 339 g/mol. The zero-order valence-corrected chi connectivity index (χ0v) is 13.8. The predicted molar refractivity (Wildman–Crippen MR) is 82.1 cm³/mol. The normalized spacial score (nSPS) is 15.4.